The van der Waals surface area contributed by atoms with Crippen molar-refractivity contribution < 1.29 is 14.7 Å². The van der Waals surface area contributed by atoms with Gasteiger partial charge >= 0.3 is 12.0 Å². The summed E-state index contributed by atoms with van der Waals surface area (Å²) >= 11 is 8.18. The summed E-state index contributed by atoms with van der Waals surface area (Å²) in [6, 6.07) is 4.97. The molecule has 5 nitrogen and oxygen atoms in total. The topological polar surface area (TPSA) is 78.4 Å². The predicted octanol–water partition coefficient (Wildman–Crippen LogP) is 3.57. The number of nitrogens with one attached hydrogen (secondary N) is 2. The van der Waals surface area contributed by atoms with Crippen LogP contribution in [0.25, 0.3) is 0 Å². The van der Waals surface area contributed by atoms with Gasteiger partial charge in [0.1, 0.15) is 0 Å². The minimum absolute atomic E-state index is 0.000411. The van der Waals surface area contributed by atoms with Crippen molar-refractivity contribution in [3.05, 3.63) is 26.8 Å². The van der Waals surface area contributed by atoms with Gasteiger partial charge in [0.2, 0.25) is 0 Å². The molecule has 7 heteroatoms. The van der Waals surface area contributed by atoms with Crippen LogP contribution in [0, 0.1) is 15.4 Å². The number of benzene rings is 1. The summed E-state index contributed by atoms with van der Waals surface area (Å²) in [5.41, 5.74) is 0.538. The van der Waals surface area contributed by atoms with Crippen LogP contribution in [0.2, 0.25) is 5.02 Å². The van der Waals surface area contributed by atoms with Gasteiger partial charge in [0.25, 0.3) is 0 Å². The summed E-state index contributed by atoms with van der Waals surface area (Å²) in [4.78, 5) is 22.9. The zero-order chi connectivity index (χ0) is 15.4. The fourth-order valence-electron chi connectivity index (χ4n) is 2.59. The van der Waals surface area contributed by atoms with Gasteiger partial charge in [0.05, 0.1) is 16.6 Å². The third-order valence-electron chi connectivity index (χ3n) is 3.68. The second-order valence-electron chi connectivity index (χ2n) is 5.09. The summed E-state index contributed by atoms with van der Waals surface area (Å²) in [6.45, 7) is 0.366. The Balaban J connectivity index is 1.86. The lowest BCUT2D eigenvalue weighted by atomic mass is 9.96. The lowest BCUT2D eigenvalue weighted by molar-refractivity contribution is -0.142. The van der Waals surface area contributed by atoms with Crippen LogP contribution < -0.4 is 10.6 Å². The van der Waals surface area contributed by atoms with Gasteiger partial charge in [-0.15, -0.1) is 0 Å². The molecule has 3 N–H and O–H groups in total. The molecule has 0 radical (unpaired) electrons. The van der Waals surface area contributed by atoms with E-state index in [0.717, 1.165) is 16.4 Å². The third kappa shape index (κ3) is 4.47. The number of rotatable bonds is 4. The highest BCUT2D eigenvalue weighted by Gasteiger charge is 2.32. The maximum Gasteiger partial charge on any atom is 0.319 e. The van der Waals surface area contributed by atoms with E-state index in [-0.39, 0.29) is 17.9 Å². The highest BCUT2D eigenvalue weighted by atomic mass is 127. The Hall–Kier alpha value is -1.02. The molecule has 0 spiro atoms. The standard InChI is InChI=1S/C14H16ClIN2O3/c15-11-6-9(16)4-5-12(11)18-14(21)17-7-8-2-1-3-10(8)13(19)20/h4-6,8,10H,1-3,7H2,(H,19,20)(H2,17,18,21). The van der Waals surface area contributed by atoms with Gasteiger partial charge < -0.3 is 15.7 Å². The van der Waals surface area contributed by atoms with Crippen LogP contribution in [0.1, 0.15) is 19.3 Å². The molecule has 2 rings (SSSR count). The Morgan fingerprint density at radius 2 is 2.14 bits per heavy atom. The first-order valence-corrected chi connectivity index (χ1v) is 8.15. The third-order valence-corrected chi connectivity index (χ3v) is 4.66. The van der Waals surface area contributed by atoms with Gasteiger partial charge in [0, 0.05) is 10.1 Å². The quantitative estimate of drug-likeness (QED) is 0.649. The second-order valence-corrected chi connectivity index (χ2v) is 6.75. The maximum absolute atomic E-state index is 11.9. The van der Waals surface area contributed by atoms with Gasteiger partial charge in [-0.2, -0.15) is 0 Å². The smallest absolute Gasteiger partial charge is 0.319 e. The van der Waals surface area contributed by atoms with Gasteiger partial charge in [-0.1, -0.05) is 18.0 Å². The zero-order valence-electron chi connectivity index (χ0n) is 11.2. The van der Waals surface area contributed by atoms with E-state index in [2.05, 4.69) is 33.2 Å². The lowest BCUT2D eigenvalue weighted by Gasteiger charge is -2.17. The van der Waals surface area contributed by atoms with Gasteiger partial charge in [-0.3, -0.25) is 4.79 Å². The van der Waals surface area contributed by atoms with E-state index in [4.69, 9.17) is 16.7 Å². The van der Waals surface area contributed by atoms with Crippen molar-refractivity contribution in [1.29, 1.82) is 0 Å². The van der Waals surface area contributed by atoms with E-state index in [1.807, 2.05) is 6.07 Å². The number of carbonyl (C=O) groups is 2. The maximum atomic E-state index is 11.9. The van der Waals surface area contributed by atoms with Crippen molar-refractivity contribution in [2.75, 3.05) is 11.9 Å². The van der Waals surface area contributed by atoms with E-state index in [9.17, 15) is 9.59 Å². The number of carbonyl (C=O) groups excluding carboxylic acids is 1. The molecule has 0 heterocycles. The van der Waals surface area contributed by atoms with Crippen molar-refractivity contribution >= 4 is 51.9 Å². The number of aliphatic carboxylic acids is 1. The van der Waals surface area contributed by atoms with E-state index in [0.29, 0.717) is 23.7 Å². The number of halogens is 2. The van der Waals surface area contributed by atoms with Gasteiger partial charge in [-0.05, 0) is 59.5 Å². The molecule has 1 aromatic carbocycles. The molecule has 21 heavy (non-hydrogen) atoms. The highest BCUT2D eigenvalue weighted by Crippen LogP contribution is 2.31. The minimum atomic E-state index is -0.777. The van der Waals surface area contributed by atoms with Gasteiger partial charge in [0.15, 0.2) is 0 Å². The summed E-state index contributed by atoms with van der Waals surface area (Å²) in [7, 11) is 0. The van der Waals surface area contributed by atoms with Crippen LogP contribution in [0.4, 0.5) is 10.5 Å². The van der Waals surface area contributed by atoms with Crippen molar-refractivity contribution in [2.24, 2.45) is 11.8 Å². The fraction of sp³-hybridized carbons (Fsp3) is 0.429. The Morgan fingerprint density at radius 3 is 2.81 bits per heavy atom. The molecule has 1 aromatic rings. The molecule has 0 bridgehead atoms. The number of urea groups is 1. The number of hydrogen-bond acceptors (Lipinski definition) is 2. The second kappa shape index (κ2) is 7.31. The Bertz CT molecular complexity index is 553. The molecule has 2 amide bonds. The average molecular weight is 423 g/mol. The molecule has 2 unspecified atom stereocenters. The van der Waals surface area contributed by atoms with Crippen molar-refractivity contribution in [3.63, 3.8) is 0 Å². The largest absolute Gasteiger partial charge is 0.481 e. The van der Waals surface area contributed by atoms with E-state index in [1.54, 1.807) is 12.1 Å². The molecule has 114 valence electrons. The Labute approximate surface area is 141 Å². The Morgan fingerprint density at radius 1 is 1.38 bits per heavy atom. The molecular formula is C14H16ClIN2O3. The first-order valence-electron chi connectivity index (χ1n) is 6.70. The zero-order valence-corrected chi connectivity index (χ0v) is 14.1. The number of carboxylic acids is 1. The first-order chi connectivity index (χ1) is 9.97. The molecule has 0 saturated heterocycles. The molecular weight excluding hydrogens is 407 g/mol. The summed E-state index contributed by atoms with van der Waals surface area (Å²) in [5, 5.41) is 15.0. The van der Waals surface area contributed by atoms with Crippen LogP contribution in [0.15, 0.2) is 18.2 Å². The van der Waals surface area contributed by atoms with Crippen molar-refractivity contribution in [1.82, 2.24) is 5.32 Å². The summed E-state index contributed by atoms with van der Waals surface area (Å²) in [5.74, 6) is -1.13. The lowest BCUT2D eigenvalue weighted by Crippen LogP contribution is -2.35. The molecule has 0 aromatic heterocycles. The van der Waals surface area contributed by atoms with Crippen LogP contribution in [0.3, 0.4) is 0 Å². The van der Waals surface area contributed by atoms with Crippen molar-refractivity contribution in [2.45, 2.75) is 19.3 Å². The Kier molecular flexibility index (Phi) is 5.69. The van der Waals surface area contributed by atoms with Crippen LogP contribution >= 0.6 is 34.2 Å². The number of carboxylic acid groups (broad SMARTS) is 1. The predicted molar refractivity (Wildman–Crippen MR) is 89.7 cm³/mol. The summed E-state index contributed by atoms with van der Waals surface area (Å²) in [6.07, 6.45) is 2.42. The van der Waals surface area contributed by atoms with Crippen LogP contribution in [0.5, 0.6) is 0 Å². The molecule has 2 atom stereocenters. The number of amides is 2. The van der Waals surface area contributed by atoms with E-state index >= 15 is 0 Å². The normalized spacial score (nSPS) is 21.0. The highest BCUT2D eigenvalue weighted by molar-refractivity contribution is 14.1. The fourth-order valence-corrected chi connectivity index (χ4v) is 3.49. The number of hydrogen-bond donors (Lipinski definition) is 3. The molecule has 1 saturated carbocycles. The van der Waals surface area contributed by atoms with Crippen molar-refractivity contribution in [3.8, 4) is 0 Å². The average Bonchev–Trinajstić information content (AvgIpc) is 2.88. The molecule has 1 fully saturated rings. The number of anilines is 1. The SMILES string of the molecule is O=C(NCC1CCCC1C(=O)O)Nc1ccc(I)cc1Cl. The van der Waals surface area contributed by atoms with E-state index in [1.165, 1.54) is 0 Å². The molecule has 1 aliphatic rings. The van der Waals surface area contributed by atoms with Gasteiger partial charge in [-0.25, -0.2) is 4.79 Å². The molecule has 0 aliphatic heterocycles. The van der Waals surface area contributed by atoms with E-state index < -0.39 is 5.97 Å². The minimum Gasteiger partial charge on any atom is -0.481 e. The van der Waals surface area contributed by atoms with Crippen LogP contribution in [-0.4, -0.2) is 23.7 Å². The summed E-state index contributed by atoms with van der Waals surface area (Å²) < 4.78 is 0.985. The first kappa shape index (κ1) is 16.4. The molecule has 1 aliphatic carbocycles. The van der Waals surface area contributed by atoms with Crippen LogP contribution in [-0.2, 0) is 4.79 Å². The monoisotopic (exact) mass is 422 g/mol.